The second-order valence-corrected chi connectivity index (χ2v) is 5.84. The average Bonchev–Trinajstić information content (AvgIpc) is 2.68. The predicted octanol–water partition coefficient (Wildman–Crippen LogP) is 3.20. The molecule has 2 rings (SSSR count). The lowest BCUT2D eigenvalue weighted by Crippen LogP contribution is -2.36. The van der Waals surface area contributed by atoms with Crippen molar-refractivity contribution in [3.8, 4) is 11.5 Å². The normalized spacial score (nSPS) is 11.6. The van der Waals surface area contributed by atoms with Crippen LogP contribution in [0.15, 0.2) is 48.5 Å². The molecule has 0 spiro atoms. The topological polar surface area (TPSA) is 73.9 Å². The van der Waals surface area contributed by atoms with Gasteiger partial charge >= 0.3 is 12.6 Å². The third-order valence-electron chi connectivity index (χ3n) is 3.84. The van der Waals surface area contributed by atoms with E-state index in [0.717, 1.165) is 11.3 Å². The summed E-state index contributed by atoms with van der Waals surface area (Å²) in [6.07, 6.45) is -0.387. The molecular formula is C20H21F2NO5. The van der Waals surface area contributed by atoms with E-state index in [1.165, 1.54) is 31.2 Å². The quantitative estimate of drug-likeness (QED) is 0.663. The number of hydrogen-bond donors (Lipinski definition) is 1. The molecule has 0 radical (unpaired) electrons. The van der Waals surface area contributed by atoms with E-state index in [1.807, 2.05) is 24.3 Å². The molecule has 6 nitrogen and oxygen atoms in total. The van der Waals surface area contributed by atoms with Gasteiger partial charge in [0.1, 0.15) is 11.5 Å². The van der Waals surface area contributed by atoms with Crippen molar-refractivity contribution in [2.75, 3.05) is 13.7 Å². The molecule has 0 saturated carbocycles. The van der Waals surface area contributed by atoms with Crippen LogP contribution >= 0.6 is 0 Å². The molecule has 1 atom stereocenters. The van der Waals surface area contributed by atoms with Gasteiger partial charge in [-0.3, -0.25) is 4.79 Å². The van der Waals surface area contributed by atoms with Crippen molar-refractivity contribution in [1.29, 1.82) is 0 Å². The van der Waals surface area contributed by atoms with Gasteiger partial charge in [0.15, 0.2) is 6.10 Å². The Balaban J connectivity index is 1.78. The molecule has 0 fully saturated rings. The van der Waals surface area contributed by atoms with E-state index in [2.05, 4.69) is 10.1 Å². The van der Waals surface area contributed by atoms with E-state index >= 15 is 0 Å². The Hall–Kier alpha value is -3.16. The first kappa shape index (κ1) is 21.1. The van der Waals surface area contributed by atoms with Crippen molar-refractivity contribution in [2.24, 2.45) is 0 Å². The molecule has 0 aromatic heterocycles. The Morgan fingerprint density at radius 2 is 1.61 bits per heavy atom. The van der Waals surface area contributed by atoms with Crippen molar-refractivity contribution in [3.63, 3.8) is 0 Å². The van der Waals surface area contributed by atoms with E-state index in [-0.39, 0.29) is 11.3 Å². The largest absolute Gasteiger partial charge is 0.497 e. The second-order valence-electron chi connectivity index (χ2n) is 5.84. The van der Waals surface area contributed by atoms with E-state index in [9.17, 15) is 18.4 Å². The molecule has 0 bridgehead atoms. The number of alkyl halides is 2. The van der Waals surface area contributed by atoms with Crippen molar-refractivity contribution < 1.29 is 32.6 Å². The molecule has 2 aromatic carbocycles. The van der Waals surface area contributed by atoms with Gasteiger partial charge in [-0.15, -0.1) is 0 Å². The number of ether oxygens (including phenoxy) is 3. The molecule has 1 amide bonds. The minimum absolute atomic E-state index is 0.0733. The molecule has 8 heteroatoms. The van der Waals surface area contributed by atoms with Gasteiger partial charge in [-0.2, -0.15) is 8.78 Å². The maximum atomic E-state index is 12.1. The van der Waals surface area contributed by atoms with Gasteiger partial charge in [-0.25, -0.2) is 4.79 Å². The lowest BCUT2D eigenvalue weighted by Gasteiger charge is -2.14. The van der Waals surface area contributed by atoms with Crippen LogP contribution in [0.4, 0.5) is 8.78 Å². The number of carbonyl (C=O) groups is 2. The van der Waals surface area contributed by atoms with Gasteiger partial charge < -0.3 is 19.5 Å². The summed E-state index contributed by atoms with van der Waals surface area (Å²) in [5.41, 5.74) is 1.15. The summed E-state index contributed by atoms with van der Waals surface area (Å²) in [5.74, 6) is -0.487. The van der Waals surface area contributed by atoms with Crippen LogP contribution in [0.3, 0.4) is 0 Å². The molecule has 0 aliphatic heterocycles. The summed E-state index contributed by atoms with van der Waals surface area (Å²) in [7, 11) is 1.59. The summed E-state index contributed by atoms with van der Waals surface area (Å²) in [6, 6.07) is 12.5. The monoisotopic (exact) mass is 393 g/mol. The summed E-state index contributed by atoms with van der Waals surface area (Å²) >= 11 is 0. The number of esters is 1. The molecule has 2 aromatic rings. The number of halogens is 2. The molecular weight excluding hydrogens is 372 g/mol. The van der Waals surface area contributed by atoms with Crippen molar-refractivity contribution >= 4 is 11.9 Å². The lowest BCUT2D eigenvalue weighted by molar-refractivity contribution is -0.129. The highest BCUT2D eigenvalue weighted by atomic mass is 19.3. The molecule has 0 aliphatic rings. The molecule has 150 valence electrons. The zero-order valence-corrected chi connectivity index (χ0v) is 15.5. The van der Waals surface area contributed by atoms with Gasteiger partial charge in [0.05, 0.1) is 12.7 Å². The molecule has 0 unspecified atom stereocenters. The summed E-state index contributed by atoms with van der Waals surface area (Å²) in [4.78, 5) is 24.1. The molecule has 28 heavy (non-hydrogen) atoms. The Kier molecular flexibility index (Phi) is 7.74. The summed E-state index contributed by atoms with van der Waals surface area (Å²) in [6.45, 7) is -1.11. The van der Waals surface area contributed by atoms with Crippen LogP contribution in [0, 0.1) is 0 Å². The smallest absolute Gasteiger partial charge is 0.387 e. The van der Waals surface area contributed by atoms with Crippen LogP contribution < -0.4 is 14.8 Å². The van der Waals surface area contributed by atoms with Gasteiger partial charge in [0.2, 0.25) is 0 Å². The number of rotatable bonds is 9. The fraction of sp³-hybridized carbons (Fsp3) is 0.300. The van der Waals surface area contributed by atoms with Gasteiger partial charge in [0.25, 0.3) is 5.91 Å². The third kappa shape index (κ3) is 6.53. The number of hydrogen-bond acceptors (Lipinski definition) is 5. The van der Waals surface area contributed by atoms with Gasteiger partial charge in [-0.05, 0) is 55.3 Å². The van der Waals surface area contributed by atoms with Gasteiger partial charge in [0, 0.05) is 6.54 Å². The second kappa shape index (κ2) is 10.2. The van der Waals surface area contributed by atoms with E-state index < -0.39 is 24.6 Å². The number of methoxy groups -OCH3 is 1. The van der Waals surface area contributed by atoms with Crippen LogP contribution in [-0.4, -0.2) is 38.2 Å². The van der Waals surface area contributed by atoms with Crippen LogP contribution in [0.2, 0.25) is 0 Å². The fourth-order valence-electron chi connectivity index (χ4n) is 2.32. The average molecular weight is 393 g/mol. The molecule has 1 N–H and O–H groups in total. The molecule has 0 aliphatic carbocycles. The Morgan fingerprint density at radius 1 is 1.00 bits per heavy atom. The summed E-state index contributed by atoms with van der Waals surface area (Å²) in [5, 5.41) is 2.70. The van der Waals surface area contributed by atoms with E-state index in [4.69, 9.17) is 9.47 Å². The Bertz CT molecular complexity index is 778. The maximum absolute atomic E-state index is 12.1. The number of benzene rings is 2. The first-order valence-corrected chi connectivity index (χ1v) is 8.55. The van der Waals surface area contributed by atoms with E-state index in [1.54, 1.807) is 7.11 Å². The SMILES string of the molecule is COc1ccc(CCNC(=O)[C@H](C)OC(=O)c2ccc(OC(F)F)cc2)cc1. The van der Waals surface area contributed by atoms with Crippen LogP contribution in [-0.2, 0) is 16.0 Å². The minimum Gasteiger partial charge on any atom is -0.497 e. The van der Waals surface area contributed by atoms with Crippen LogP contribution in [0.5, 0.6) is 11.5 Å². The minimum atomic E-state index is -2.94. The highest BCUT2D eigenvalue weighted by molar-refractivity contribution is 5.92. The highest BCUT2D eigenvalue weighted by Gasteiger charge is 2.18. The van der Waals surface area contributed by atoms with E-state index in [0.29, 0.717) is 13.0 Å². The fourth-order valence-corrected chi connectivity index (χ4v) is 2.32. The number of amides is 1. The first-order chi connectivity index (χ1) is 13.4. The zero-order chi connectivity index (χ0) is 20.5. The number of carbonyl (C=O) groups excluding carboxylic acids is 2. The van der Waals surface area contributed by atoms with Crippen molar-refractivity contribution in [2.45, 2.75) is 26.1 Å². The molecule has 0 saturated heterocycles. The lowest BCUT2D eigenvalue weighted by atomic mass is 10.1. The number of nitrogens with one attached hydrogen (secondary N) is 1. The highest BCUT2D eigenvalue weighted by Crippen LogP contribution is 2.16. The zero-order valence-electron chi connectivity index (χ0n) is 15.5. The first-order valence-electron chi connectivity index (χ1n) is 8.55. The molecule has 0 heterocycles. The van der Waals surface area contributed by atoms with Crippen molar-refractivity contribution in [3.05, 3.63) is 59.7 Å². The predicted molar refractivity (Wildman–Crippen MR) is 97.7 cm³/mol. The van der Waals surface area contributed by atoms with Gasteiger partial charge in [-0.1, -0.05) is 12.1 Å². The Labute approximate surface area is 161 Å². The van der Waals surface area contributed by atoms with Crippen LogP contribution in [0.1, 0.15) is 22.8 Å². The maximum Gasteiger partial charge on any atom is 0.387 e. The third-order valence-corrected chi connectivity index (χ3v) is 3.84. The van der Waals surface area contributed by atoms with Crippen LogP contribution in [0.25, 0.3) is 0 Å². The Morgan fingerprint density at radius 3 is 2.18 bits per heavy atom. The van der Waals surface area contributed by atoms with Crippen molar-refractivity contribution in [1.82, 2.24) is 5.32 Å². The standard InChI is InChI=1S/C20H21F2NO5/c1-13(18(24)23-12-11-14-3-7-16(26-2)8-4-14)27-19(25)15-5-9-17(10-6-15)28-20(21)22/h3-10,13,20H,11-12H2,1-2H3,(H,23,24)/t13-/m0/s1. The summed E-state index contributed by atoms with van der Waals surface area (Å²) < 4.78 is 38.6.